The van der Waals surface area contributed by atoms with Crippen LogP contribution in [0, 0.1) is 17.8 Å². The Bertz CT molecular complexity index is 276. The molecular weight excluding hydrogens is 200 g/mol. The number of amides is 1. The standard InChI is InChI=1S/C13H22N2O/c14-9-4-3-7-15(8-9)13(16)12-10-5-1-2-6-11(10)12/h9-12H,1-8,14H2. The lowest BCUT2D eigenvalue weighted by atomic mass is 10.0. The Hall–Kier alpha value is -0.570. The molecule has 0 radical (unpaired) electrons. The summed E-state index contributed by atoms with van der Waals surface area (Å²) in [5, 5.41) is 0. The minimum Gasteiger partial charge on any atom is -0.341 e. The fraction of sp³-hybridized carbons (Fsp3) is 0.923. The van der Waals surface area contributed by atoms with Gasteiger partial charge < -0.3 is 10.6 Å². The monoisotopic (exact) mass is 222 g/mol. The van der Waals surface area contributed by atoms with Crippen molar-refractivity contribution in [2.24, 2.45) is 23.5 Å². The Kier molecular flexibility index (Phi) is 2.66. The van der Waals surface area contributed by atoms with Crippen molar-refractivity contribution in [3.63, 3.8) is 0 Å². The number of carbonyl (C=O) groups excluding carboxylic acids is 1. The Balaban J connectivity index is 1.61. The Morgan fingerprint density at radius 3 is 2.38 bits per heavy atom. The molecular formula is C13H22N2O. The molecule has 3 unspecified atom stereocenters. The van der Waals surface area contributed by atoms with Crippen molar-refractivity contribution in [1.29, 1.82) is 0 Å². The summed E-state index contributed by atoms with van der Waals surface area (Å²) in [6, 6.07) is 0.221. The van der Waals surface area contributed by atoms with E-state index in [9.17, 15) is 4.79 Å². The van der Waals surface area contributed by atoms with E-state index in [-0.39, 0.29) is 6.04 Å². The molecule has 1 amide bonds. The van der Waals surface area contributed by atoms with Crippen LogP contribution < -0.4 is 5.73 Å². The van der Waals surface area contributed by atoms with E-state index in [1.54, 1.807) is 0 Å². The van der Waals surface area contributed by atoms with Crippen molar-refractivity contribution in [3.8, 4) is 0 Å². The maximum atomic E-state index is 12.3. The first-order valence-corrected chi connectivity index (χ1v) is 6.82. The number of likely N-dealkylation sites (tertiary alicyclic amines) is 1. The van der Waals surface area contributed by atoms with Crippen molar-refractivity contribution in [2.75, 3.05) is 13.1 Å². The van der Waals surface area contributed by atoms with Crippen LogP contribution >= 0.6 is 0 Å². The normalized spacial score (nSPS) is 42.7. The van der Waals surface area contributed by atoms with Gasteiger partial charge in [-0.25, -0.2) is 0 Å². The summed E-state index contributed by atoms with van der Waals surface area (Å²) in [4.78, 5) is 14.4. The first-order valence-electron chi connectivity index (χ1n) is 6.82. The van der Waals surface area contributed by atoms with Gasteiger partial charge in [-0.05, 0) is 37.5 Å². The van der Waals surface area contributed by atoms with Gasteiger partial charge in [-0.3, -0.25) is 4.79 Å². The van der Waals surface area contributed by atoms with Gasteiger partial charge in [-0.2, -0.15) is 0 Å². The molecule has 2 saturated carbocycles. The molecule has 0 spiro atoms. The van der Waals surface area contributed by atoms with E-state index in [4.69, 9.17) is 5.73 Å². The molecule has 3 nitrogen and oxygen atoms in total. The van der Waals surface area contributed by atoms with Crippen LogP contribution in [0.25, 0.3) is 0 Å². The smallest absolute Gasteiger partial charge is 0.226 e. The van der Waals surface area contributed by atoms with E-state index in [1.165, 1.54) is 25.7 Å². The van der Waals surface area contributed by atoms with Crippen molar-refractivity contribution in [2.45, 2.75) is 44.6 Å². The number of fused-ring (bicyclic) bond motifs is 1. The summed E-state index contributed by atoms with van der Waals surface area (Å²) >= 11 is 0. The number of hydrogen-bond acceptors (Lipinski definition) is 2. The van der Waals surface area contributed by atoms with E-state index >= 15 is 0 Å². The molecule has 2 N–H and O–H groups in total. The van der Waals surface area contributed by atoms with Gasteiger partial charge in [0.15, 0.2) is 0 Å². The van der Waals surface area contributed by atoms with Crippen LogP contribution in [0.3, 0.4) is 0 Å². The van der Waals surface area contributed by atoms with E-state index in [2.05, 4.69) is 0 Å². The van der Waals surface area contributed by atoms with Gasteiger partial charge in [0.1, 0.15) is 0 Å². The second-order valence-electron chi connectivity index (χ2n) is 5.82. The zero-order valence-corrected chi connectivity index (χ0v) is 9.90. The second-order valence-corrected chi connectivity index (χ2v) is 5.82. The highest BCUT2D eigenvalue weighted by Crippen LogP contribution is 2.56. The van der Waals surface area contributed by atoms with Gasteiger partial charge in [-0.15, -0.1) is 0 Å². The SMILES string of the molecule is NC1CCCN(C(=O)C2C3CCCCC32)C1. The lowest BCUT2D eigenvalue weighted by Gasteiger charge is -2.31. The van der Waals surface area contributed by atoms with Crippen LogP contribution in [0.1, 0.15) is 38.5 Å². The summed E-state index contributed by atoms with van der Waals surface area (Å²) in [6.45, 7) is 1.75. The van der Waals surface area contributed by atoms with Crippen molar-refractivity contribution >= 4 is 5.91 Å². The van der Waals surface area contributed by atoms with Crippen molar-refractivity contribution in [3.05, 3.63) is 0 Å². The topological polar surface area (TPSA) is 46.3 Å². The molecule has 3 heteroatoms. The van der Waals surface area contributed by atoms with Gasteiger partial charge in [0.05, 0.1) is 0 Å². The van der Waals surface area contributed by atoms with Gasteiger partial charge >= 0.3 is 0 Å². The zero-order valence-electron chi connectivity index (χ0n) is 9.90. The van der Waals surface area contributed by atoms with Crippen LogP contribution in [0.4, 0.5) is 0 Å². The van der Waals surface area contributed by atoms with E-state index in [1.807, 2.05) is 4.90 Å². The largest absolute Gasteiger partial charge is 0.341 e. The minimum absolute atomic E-state index is 0.221. The summed E-state index contributed by atoms with van der Waals surface area (Å²) in [7, 11) is 0. The molecule has 2 aliphatic carbocycles. The lowest BCUT2D eigenvalue weighted by molar-refractivity contribution is -0.134. The first kappa shape index (κ1) is 10.6. The number of piperidine rings is 1. The average molecular weight is 222 g/mol. The molecule has 3 aliphatic rings. The predicted octanol–water partition coefficient (Wildman–Crippen LogP) is 1.37. The molecule has 3 rings (SSSR count). The fourth-order valence-corrected chi connectivity index (χ4v) is 3.78. The molecule has 0 aromatic carbocycles. The molecule has 1 aliphatic heterocycles. The van der Waals surface area contributed by atoms with Gasteiger partial charge in [0.25, 0.3) is 0 Å². The lowest BCUT2D eigenvalue weighted by Crippen LogP contribution is -2.46. The molecule has 0 aromatic rings. The number of rotatable bonds is 1. The summed E-state index contributed by atoms with van der Waals surface area (Å²) < 4.78 is 0. The highest BCUT2D eigenvalue weighted by molar-refractivity contribution is 5.82. The van der Waals surface area contributed by atoms with Gasteiger partial charge in [0, 0.05) is 25.0 Å². The predicted molar refractivity (Wildman–Crippen MR) is 62.7 cm³/mol. The molecule has 90 valence electrons. The average Bonchev–Trinajstić information content (AvgIpc) is 3.02. The Morgan fingerprint density at radius 2 is 1.75 bits per heavy atom. The quantitative estimate of drug-likeness (QED) is 0.728. The molecule has 0 aromatic heterocycles. The Labute approximate surface area is 97.4 Å². The van der Waals surface area contributed by atoms with Crippen molar-refractivity contribution in [1.82, 2.24) is 4.90 Å². The molecule has 3 atom stereocenters. The molecule has 1 saturated heterocycles. The summed E-state index contributed by atoms with van der Waals surface area (Å²) in [5.41, 5.74) is 5.94. The van der Waals surface area contributed by atoms with Crippen molar-refractivity contribution < 1.29 is 4.79 Å². The van der Waals surface area contributed by atoms with E-state index < -0.39 is 0 Å². The number of nitrogens with zero attached hydrogens (tertiary/aromatic N) is 1. The van der Waals surface area contributed by atoms with Crippen LogP contribution in [-0.2, 0) is 4.79 Å². The maximum Gasteiger partial charge on any atom is 0.226 e. The number of carbonyl (C=O) groups is 1. The Morgan fingerprint density at radius 1 is 1.06 bits per heavy atom. The zero-order chi connectivity index (χ0) is 11.1. The third-order valence-corrected chi connectivity index (χ3v) is 4.71. The van der Waals surface area contributed by atoms with Crippen LogP contribution in [0.2, 0.25) is 0 Å². The molecule has 16 heavy (non-hydrogen) atoms. The van der Waals surface area contributed by atoms with Crippen LogP contribution in [0.15, 0.2) is 0 Å². The number of nitrogens with two attached hydrogens (primary N) is 1. The summed E-state index contributed by atoms with van der Waals surface area (Å²) in [5.74, 6) is 2.28. The highest BCUT2D eigenvalue weighted by Gasteiger charge is 2.55. The highest BCUT2D eigenvalue weighted by atomic mass is 16.2. The van der Waals surface area contributed by atoms with Gasteiger partial charge in [0.2, 0.25) is 5.91 Å². The maximum absolute atomic E-state index is 12.3. The van der Waals surface area contributed by atoms with E-state index in [0.717, 1.165) is 37.8 Å². The third-order valence-electron chi connectivity index (χ3n) is 4.71. The molecule has 0 bridgehead atoms. The van der Waals surface area contributed by atoms with Crippen LogP contribution in [0.5, 0.6) is 0 Å². The van der Waals surface area contributed by atoms with E-state index in [0.29, 0.717) is 11.8 Å². The minimum atomic E-state index is 0.221. The molecule has 1 heterocycles. The van der Waals surface area contributed by atoms with Crippen LogP contribution in [-0.4, -0.2) is 29.9 Å². The third kappa shape index (κ3) is 1.75. The fourth-order valence-electron chi connectivity index (χ4n) is 3.78. The summed E-state index contributed by atoms with van der Waals surface area (Å²) in [6.07, 6.45) is 7.44. The second kappa shape index (κ2) is 4.02. The first-order chi connectivity index (χ1) is 7.77. The molecule has 3 fully saturated rings. The number of hydrogen-bond donors (Lipinski definition) is 1. The van der Waals surface area contributed by atoms with Gasteiger partial charge in [-0.1, -0.05) is 12.8 Å².